The predicted octanol–water partition coefficient (Wildman–Crippen LogP) is 0.249. The quantitative estimate of drug-likeness (QED) is 0.577. The van der Waals surface area contributed by atoms with Crippen molar-refractivity contribution in [2.45, 2.75) is 26.2 Å². The number of carbonyl (C=O) groups is 1. The number of nitrogens with zero attached hydrogens (tertiary/aromatic N) is 1. The van der Waals surface area contributed by atoms with Crippen LogP contribution in [0, 0.1) is 0 Å². The van der Waals surface area contributed by atoms with E-state index in [1.54, 1.807) is 0 Å². The average molecular weight is 175 g/mol. The van der Waals surface area contributed by atoms with E-state index in [1.807, 2.05) is 6.92 Å². The summed E-state index contributed by atoms with van der Waals surface area (Å²) in [5, 5.41) is 9.65. The van der Waals surface area contributed by atoms with Gasteiger partial charge in [-0.3, -0.25) is 0 Å². The lowest BCUT2D eigenvalue weighted by molar-refractivity contribution is -0.849. The highest BCUT2D eigenvalue weighted by molar-refractivity contribution is 5.63. The fraction of sp³-hybridized carbons (Fsp3) is 0.889. The van der Waals surface area contributed by atoms with Crippen LogP contribution in [0.25, 0.3) is 0 Å². The molecule has 0 unspecified atom stereocenters. The summed E-state index contributed by atoms with van der Waals surface area (Å²) < 4.78 is 1.00. The smallest absolute Gasteiger partial charge is 0.0675 e. The first kappa shape index (κ1) is 14.0. The Morgan fingerprint density at radius 2 is 1.58 bits per heavy atom. The van der Waals surface area contributed by atoms with E-state index in [0.717, 1.165) is 17.3 Å². The lowest BCUT2D eigenvalue weighted by Gasteiger charge is -2.14. The molecule has 0 aromatic heterocycles. The van der Waals surface area contributed by atoms with E-state index < -0.39 is 5.97 Å². The van der Waals surface area contributed by atoms with E-state index in [9.17, 15) is 9.90 Å². The Kier molecular flexibility index (Phi) is 8.27. The molecule has 0 heterocycles. The molecule has 0 aliphatic heterocycles. The van der Waals surface area contributed by atoms with Gasteiger partial charge in [0.25, 0.3) is 0 Å². The van der Waals surface area contributed by atoms with Crippen molar-refractivity contribution < 1.29 is 14.4 Å². The van der Waals surface area contributed by atoms with Gasteiger partial charge in [-0.15, -0.1) is 0 Å². The molecule has 3 nitrogen and oxygen atoms in total. The maximum Gasteiger partial charge on any atom is 0.0675 e. The number of hydrogen-bond acceptors (Lipinski definition) is 2. The first-order valence-corrected chi connectivity index (χ1v) is 4.26. The summed E-state index contributed by atoms with van der Waals surface area (Å²) in [6, 6.07) is 0. The molecule has 0 saturated carbocycles. The Morgan fingerprint density at radius 1 is 1.25 bits per heavy atom. The van der Waals surface area contributed by atoms with Crippen molar-refractivity contribution in [1.29, 1.82) is 0 Å². The summed E-state index contributed by atoms with van der Waals surface area (Å²) >= 11 is 0. The molecule has 0 amide bonds. The van der Waals surface area contributed by atoms with E-state index in [-0.39, 0.29) is 6.42 Å². The van der Waals surface area contributed by atoms with Gasteiger partial charge >= 0.3 is 0 Å². The third-order valence-electron chi connectivity index (χ3n) is 0.734. The zero-order valence-corrected chi connectivity index (χ0v) is 8.89. The first-order valence-electron chi connectivity index (χ1n) is 4.26. The molecule has 0 aliphatic carbocycles. The molecule has 0 saturated heterocycles. The summed E-state index contributed by atoms with van der Waals surface area (Å²) in [7, 11) is 8.50. The highest BCUT2D eigenvalue weighted by atomic mass is 16.4. The lowest BCUT2D eigenvalue weighted by Crippen LogP contribution is -2.27. The lowest BCUT2D eigenvalue weighted by atomic mass is 10.3. The number of quaternary nitrogens is 1. The monoisotopic (exact) mass is 175 g/mol. The number of aliphatic carboxylic acids is 1. The third-order valence-corrected chi connectivity index (χ3v) is 0.734. The fourth-order valence-electron chi connectivity index (χ4n) is 0.321. The Hall–Kier alpha value is -0.570. The maximum absolute atomic E-state index is 9.65. The number of rotatable bonds is 3. The minimum atomic E-state index is -0.943. The molecule has 0 N–H and O–H groups in total. The van der Waals surface area contributed by atoms with Gasteiger partial charge < -0.3 is 14.4 Å². The van der Waals surface area contributed by atoms with Gasteiger partial charge in [0.2, 0.25) is 0 Å². The van der Waals surface area contributed by atoms with E-state index in [2.05, 4.69) is 28.2 Å². The molecule has 0 spiro atoms. The van der Waals surface area contributed by atoms with Crippen molar-refractivity contribution in [2.75, 3.05) is 28.2 Å². The molecule has 0 aromatic carbocycles. The van der Waals surface area contributed by atoms with Crippen molar-refractivity contribution >= 4 is 5.97 Å². The number of hydrogen-bond donors (Lipinski definition) is 0. The van der Waals surface area contributed by atoms with Gasteiger partial charge in [0.1, 0.15) is 0 Å². The highest BCUT2D eigenvalue weighted by Crippen LogP contribution is 1.89. The van der Waals surface area contributed by atoms with Crippen molar-refractivity contribution in [1.82, 2.24) is 0 Å². The molecular weight excluding hydrogens is 154 g/mol. The molecule has 0 fully saturated rings. The van der Waals surface area contributed by atoms with Crippen molar-refractivity contribution in [3.63, 3.8) is 0 Å². The Balaban J connectivity index is 0. The second kappa shape index (κ2) is 7.10. The Morgan fingerprint density at radius 3 is 1.67 bits per heavy atom. The van der Waals surface area contributed by atoms with Crippen LogP contribution in [0.2, 0.25) is 0 Å². The fourth-order valence-corrected chi connectivity index (χ4v) is 0.321. The second-order valence-corrected chi connectivity index (χ2v) is 4.16. The van der Waals surface area contributed by atoms with Crippen molar-refractivity contribution in [3.05, 3.63) is 0 Å². The zero-order valence-electron chi connectivity index (χ0n) is 8.89. The normalized spacial score (nSPS) is 10.1. The third kappa shape index (κ3) is 57.0. The molecule has 0 aliphatic rings. The van der Waals surface area contributed by atoms with Crippen LogP contribution < -0.4 is 5.11 Å². The van der Waals surface area contributed by atoms with Gasteiger partial charge in [0.05, 0.1) is 28.2 Å². The summed E-state index contributed by atoms with van der Waals surface area (Å²) in [6.45, 7) is 1.95. The number of carboxylic acids is 1. The zero-order chi connectivity index (χ0) is 10.2. The summed E-state index contributed by atoms with van der Waals surface area (Å²) in [4.78, 5) is 9.65. The van der Waals surface area contributed by atoms with Crippen molar-refractivity contribution in [3.8, 4) is 0 Å². The van der Waals surface area contributed by atoms with Crippen LogP contribution in [-0.2, 0) is 4.79 Å². The van der Waals surface area contributed by atoms with E-state index in [4.69, 9.17) is 0 Å². The van der Waals surface area contributed by atoms with Crippen LogP contribution in [0.3, 0.4) is 0 Å². The predicted molar refractivity (Wildman–Crippen MR) is 48.5 cm³/mol. The molecule has 3 heteroatoms. The Labute approximate surface area is 75.6 Å². The largest absolute Gasteiger partial charge is 0.550 e. The topological polar surface area (TPSA) is 40.1 Å². The van der Waals surface area contributed by atoms with Gasteiger partial charge in [-0.1, -0.05) is 13.3 Å². The molecule has 0 atom stereocenters. The number of carboxylic acid groups (broad SMARTS) is 1. The van der Waals surface area contributed by atoms with Gasteiger partial charge in [0, 0.05) is 5.97 Å². The Bertz CT molecular complexity index is 110. The molecule has 0 aromatic rings. The van der Waals surface area contributed by atoms with Crippen molar-refractivity contribution in [2.24, 2.45) is 0 Å². The molecule has 0 rings (SSSR count). The molecule has 0 bridgehead atoms. The van der Waals surface area contributed by atoms with Gasteiger partial charge in [-0.05, 0) is 12.8 Å². The van der Waals surface area contributed by atoms with Crippen LogP contribution in [0.15, 0.2) is 0 Å². The minimum absolute atomic E-state index is 0.205. The van der Waals surface area contributed by atoms with Crippen LogP contribution in [0.4, 0.5) is 0 Å². The number of carbonyl (C=O) groups excluding carboxylic acids is 1. The molecule has 12 heavy (non-hydrogen) atoms. The van der Waals surface area contributed by atoms with Crippen LogP contribution >= 0.6 is 0 Å². The molecule has 0 radical (unpaired) electrons. The highest BCUT2D eigenvalue weighted by Gasteiger charge is 1.88. The van der Waals surface area contributed by atoms with E-state index >= 15 is 0 Å². The van der Waals surface area contributed by atoms with E-state index in [0.29, 0.717) is 0 Å². The van der Waals surface area contributed by atoms with Crippen LogP contribution in [0.5, 0.6) is 0 Å². The summed E-state index contributed by atoms with van der Waals surface area (Å²) in [6.07, 6.45) is 1.87. The summed E-state index contributed by atoms with van der Waals surface area (Å²) in [5.41, 5.74) is 0. The summed E-state index contributed by atoms with van der Waals surface area (Å²) in [5.74, 6) is -0.943. The molecule has 74 valence electrons. The second-order valence-electron chi connectivity index (χ2n) is 4.16. The molecular formula is C9H21NO2. The van der Waals surface area contributed by atoms with Crippen LogP contribution in [-0.4, -0.2) is 38.6 Å². The van der Waals surface area contributed by atoms with Gasteiger partial charge in [-0.25, -0.2) is 0 Å². The first-order chi connectivity index (χ1) is 5.27. The standard InChI is InChI=1S/C5H10O2.C4H12N/c1-2-3-4-5(6)7;1-5(2,3)4/h2-4H2,1H3,(H,6,7);1-4H3/q;+1/p-1. The van der Waals surface area contributed by atoms with Gasteiger partial charge in [-0.2, -0.15) is 0 Å². The van der Waals surface area contributed by atoms with Gasteiger partial charge in [0.15, 0.2) is 0 Å². The SMILES string of the molecule is CCCCC(=O)[O-].C[N+](C)(C)C. The van der Waals surface area contributed by atoms with E-state index in [1.165, 1.54) is 0 Å². The minimum Gasteiger partial charge on any atom is -0.550 e. The van der Waals surface area contributed by atoms with Crippen LogP contribution in [0.1, 0.15) is 26.2 Å². The average Bonchev–Trinajstić information content (AvgIpc) is 1.79. The number of unbranched alkanes of at least 4 members (excludes halogenated alkanes) is 1. The maximum atomic E-state index is 9.65.